The number of ether oxygens (including phenoxy) is 1. The molecule has 0 saturated heterocycles. The molecule has 2 N–H and O–H groups in total. The Bertz CT molecular complexity index is 922. The number of hydrogen-bond donors (Lipinski definition) is 1. The smallest absolute Gasteiger partial charge is 0.259 e. The van der Waals surface area contributed by atoms with Crippen molar-refractivity contribution in [1.29, 1.82) is 0 Å². The molecule has 0 fully saturated rings. The van der Waals surface area contributed by atoms with Gasteiger partial charge in [-0.3, -0.25) is 9.48 Å². The normalized spacial score (nSPS) is 12.8. The number of hydrogen-bond acceptors (Lipinski definition) is 6. The quantitative estimate of drug-likeness (QED) is 0.790. The van der Waals surface area contributed by atoms with E-state index in [1.54, 1.807) is 4.68 Å². The van der Waals surface area contributed by atoms with E-state index in [-0.39, 0.29) is 0 Å². The fraction of sp³-hybridized carbons (Fsp3) is 0.267. The van der Waals surface area contributed by atoms with E-state index in [9.17, 15) is 4.79 Å². The van der Waals surface area contributed by atoms with Gasteiger partial charge >= 0.3 is 0 Å². The fourth-order valence-corrected chi connectivity index (χ4v) is 4.86. The second-order valence-electron chi connectivity index (χ2n) is 5.47. The van der Waals surface area contributed by atoms with Gasteiger partial charge in [-0.15, -0.1) is 0 Å². The number of nitrogens with zero attached hydrogens (tertiary/aromatic N) is 3. The molecule has 1 aliphatic rings. The lowest BCUT2D eigenvalue weighted by atomic mass is 9.93. The molecular formula is C15H14N4O2S2. The molecule has 1 amide bonds. The summed E-state index contributed by atoms with van der Waals surface area (Å²) in [6, 6.07) is 0. The van der Waals surface area contributed by atoms with Gasteiger partial charge in [-0.2, -0.15) is 5.10 Å². The van der Waals surface area contributed by atoms with Gasteiger partial charge in [0.05, 0.1) is 21.5 Å². The van der Waals surface area contributed by atoms with Crippen molar-refractivity contribution >= 4 is 28.8 Å². The number of carbonyl (C=O) groups is 1. The zero-order valence-corrected chi connectivity index (χ0v) is 14.3. The molecule has 3 aromatic heterocycles. The third-order valence-electron chi connectivity index (χ3n) is 3.89. The highest BCUT2D eigenvalue weighted by atomic mass is 32.1. The molecule has 1 aliphatic carbocycles. The highest BCUT2D eigenvalue weighted by Gasteiger charge is 2.30. The van der Waals surface area contributed by atoms with Gasteiger partial charge < -0.3 is 10.5 Å². The maximum Gasteiger partial charge on any atom is 0.259 e. The standard InChI is InChI=1S/C15H14N4O2S2/c1-7-10(6-19(2)18-7)21-15-11-9(13(22-15)14(16)20)4-3-8-5-17-23-12(8)11/h5-6H,3-4H2,1-2H3,(H2,16,20). The molecule has 0 unspecified atom stereocenters. The SMILES string of the molecule is Cc1nn(C)cc1Oc1sc(C(N)=O)c2c1-c1sncc1CC2. The van der Waals surface area contributed by atoms with Gasteiger partial charge in [0, 0.05) is 13.2 Å². The van der Waals surface area contributed by atoms with Crippen LogP contribution in [-0.4, -0.2) is 20.1 Å². The molecule has 0 bridgehead atoms. The zero-order chi connectivity index (χ0) is 16.1. The van der Waals surface area contributed by atoms with Gasteiger partial charge in [0.1, 0.15) is 5.69 Å². The summed E-state index contributed by atoms with van der Waals surface area (Å²) in [6.07, 6.45) is 5.37. The Morgan fingerprint density at radius 3 is 2.96 bits per heavy atom. The van der Waals surface area contributed by atoms with Crippen molar-refractivity contribution in [3.05, 3.63) is 34.1 Å². The van der Waals surface area contributed by atoms with Gasteiger partial charge in [-0.1, -0.05) is 11.3 Å². The maximum absolute atomic E-state index is 11.8. The monoisotopic (exact) mass is 346 g/mol. The van der Waals surface area contributed by atoms with E-state index < -0.39 is 5.91 Å². The summed E-state index contributed by atoms with van der Waals surface area (Å²) in [5.74, 6) is 0.279. The molecule has 3 heterocycles. The summed E-state index contributed by atoms with van der Waals surface area (Å²) in [6.45, 7) is 1.89. The highest BCUT2D eigenvalue weighted by molar-refractivity contribution is 7.17. The van der Waals surface area contributed by atoms with Crippen LogP contribution in [0.25, 0.3) is 10.4 Å². The third kappa shape index (κ3) is 2.25. The molecule has 0 aliphatic heterocycles. The number of rotatable bonds is 3. The Morgan fingerprint density at radius 2 is 2.26 bits per heavy atom. The van der Waals surface area contributed by atoms with Crippen molar-refractivity contribution in [2.75, 3.05) is 0 Å². The van der Waals surface area contributed by atoms with Crippen molar-refractivity contribution in [2.45, 2.75) is 19.8 Å². The van der Waals surface area contributed by atoms with Gasteiger partial charge in [-0.05, 0) is 42.4 Å². The first kappa shape index (κ1) is 14.4. The van der Waals surface area contributed by atoms with Crippen molar-refractivity contribution < 1.29 is 9.53 Å². The first-order chi connectivity index (χ1) is 11.0. The highest BCUT2D eigenvalue weighted by Crippen LogP contribution is 2.50. The lowest BCUT2D eigenvalue weighted by Crippen LogP contribution is -2.12. The van der Waals surface area contributed by atoms with Crippen molar-refractivity contribution in [3.8, 4) is 21.3 Å². The van der Waals surface area contributed by atoms with Crippen molar-refractivity contribution in [2.24, 2.45) is 12.8 Å². The van der Waals surface area contributed by atoms with Crippen molar-refractivity contribution in [1.82, 2.24) is 14.2 Å². The van der Waals surface area contributed by atoms with Gasteiger partial charge in [-0.25, -0.2) is 4.37 Å². The molecule has 23 heavy (non-hydrogen) atoms. The average molecular weight is 346 g/mol. The molecule has 0 saturated carbocycles. The Morgan fingerprint density at radius 1 is 1.43 bits per heavy atom. The minimum absolute atomic E-state index is 0.406. The first-order valence-electron chi connectivity index (χ1n) is 7.12. The Hall–Kier alpha value is -2.19. The van der Waals surface area contributed by atoms with E-state index in [1.807, 2.05) is 26.4 Å². The number of nitrogens with two attached hydrogens (primary N) is 1. The third-order valence-corrected chi connectivity index (χ3v) is 5.87. The fourth-order valence-electron chi connectivity index (χ4n) is 2.86. The molecule has 118 valence electrons. The van der Waals surface area contributed by atoms with E-state index in [2.05, 4.69) is 9.47 Å². The van der Waals surface area contributed by atoms with E-state index >= 15 is 0 Å². The molecule has 4 rings (SSSR count). The lowest BCUT2D eigenvalue weighted by molar-refractivity contribution is 0.100. The Labute approximate surface area is 140 Å². The van der Waals surface area contributed by atoms with E-state index in [0.717, 1.165) is 34.5 Å². The van der Waals surface area contributed by atoms with Gasteiger partial charge in [0.2, 0.25) is 0 Å². The summed E-state index contributed by atoms with van der Waals surface area (Å²) in [5.41, 5.74) is 9.51. The molecule has 8 heteroatoms. The van der Waals surface area contributed by atoms with Crippen LogP contribution in [0.2, 0.25) is 0 Å². The second-order valence-corrected chi connectivity index (χ2v) is 7.26. The minimum atomic E-state index is -0.406. The predicted molar refractivity (Wildman–Crippen MR) is 89.4 cm³/mol. The van der Waals surface area contributed by atoms with E-state index in [1.165, 1.54) is 28.4 Å². The molecule has 0 aromatic carbocycles. The summed E-state index contributed by atoms with van der Waals surface area (Å²) < 4.78 is 12.1. The zero-order valence-electron chi connectivity index (χ0n) is 12.6. The van der Waals surface area contributed by atoms with Crippen LogP contribution in [0.15, 0.2) is 12.4 Å². The van der Waals surface area contributed by atoms with Crippen molar-refractivity contribution in [3.63, 3.8) is 0 Å². The molecule has 0 atom stereocenters. The minimum Gasteiger partial charge on any atom is -0.442 e. The van der Waals surface area contributed by atoms with Gasteiger partial charge in [0.25, 0.3) is 5.91 Å². The van der Waals surface area contributed by atoms with Gasteiger partial charge in [0.15, 0.2) is 10.8 Å². The topological polar surface area (TPSA) is 83.0 Å². The molecular weight excluding hydrogens is 332 g/mol. The molecule has 0 radical (unpaired) electrons. The number of carbonyl (C=O) groups excluding carboxylic acids is 1. The Balaban J connectivity index is 1.88. The predicted octanol–water partition coefficient (Wildman–Crippen LogP) is 2.90. The van der Waals surface area contributed by atoms with Crippen LogP contribution in [0, 0.1) is 6.92 Å². The maximum atomic E-state index is 11.8. The molecule has 3 aromatic rings. The second kappa shape index (κ2) is 5.17. The lowest BCUT2D eigenvalue weighted by Gasteiger charge is -2.13. The number of aryl methyl sites for hydroxylation is 3. The van der Waals surface area contributed by atoms with Crippen LogP contribution < -0.4 is 10.5 Å². The summed E-state index contributed by atoms with van der Waals surface area (Å²) in [4.78, 5) is 13.5. The average Bonchev–Trinajstić information content (AvgIpc) is 3.16. The number of thiophene rings is 1. The Kier molecular flexibility index (Phi) is 3.24. The molecule has 6 nitrogen and oxygen atoms in total. The van der Waals surface area contributed by atoms with E-state index in [4.69, 9.17) is 10.5 Å². The largest absolute Gasteiger partial charge is 0.442 e. The summed E-state index contributed by atoms with van der Waals surface area (Å²) >= 11 is 2.74. The van der Waals surface area contributed by atoms with E-state index in [0.29, 0.717) is 15.7 Å². The van der Waals surface area contributed by atoms with Crippen LogP contribution in [-0.2, 0) is 19.9 Å². The van der Waals surface area contributed by atoms with Crippen LogP contribution in [0.5, 0.6) is 10.8 Å². The summed E-state index contributed by atoms with van der Waals surface area (Å²) in [7, 11) is 1.85. The number of primary amides is 1. The number of amides is 1. The number of aromatic nitrogens is 3. The van der Waals surface area contributed by atoms with Crippen LogP contribution in [0.4, 0.5) is 0 Å². The summed E-state index contributed by atoms with van der Waals surface area (Å²) in [5, 5.41) is 4.98. The first-order valence-corrected chi connectivity index (χ1v) is 8.71. The van der Waals surface area contributed by atoms with Crippen LogP contribution >= 0.6 is 22.9 Å². The van der Waals surface area contributed by atoms with Crippen LogP contribution in [0.1, 0.15) is 26.5 Å². The van der Waals surface area contributed by atoms with Crippen LogP contribution in [0.3, 0.4) is 0 Å². The number of fused-ring (bicyclic) bond motifs is 3. The molecule has 0 spiro atoms.